The van der Waals surface area contributed by atoms with Crippen molar-refractivity contribution in [2.24, 2.45) is 5.73 Å². The number of likely N-dealkylation sites (N-methyl/N-ethyl adjacent to an activating group) is 2. The number of pyridine rings is 1. The number of para-hydroxylation sites is 1. The zero-order chi connectivity index (χ0) is 30.0. The molecule has 3 heterocycles. The Morgan fingerprint density at radius 2 is 1.98 bits per heavy atom. The van der Waals surface area contributed by atoms with Crippen molar-refractivity contribution in [1.29, 1.82) is 0 Å². The number of aromatic nitrogens is 2. The van der Waals surface area contributed by atoms with E-state index in [9.17, 15) is 0 Å². The number of methoxy groups -OCH3 is 1. The number of nitrogens with zero attached hydrogens (tertiary/aromatic N) is 4. The third-order valence-corrected chi connectivity index (χ3v) is 8.28. The normalized spacial score (nSPS) is 13.6. The molecule has 0 bridgehead atoms. The minimum absolute atomic E-state index is 0.0538. The second-order valence-electron chi connectivity index (χ2n) is 11.6. The summed E-state index contributed by atoms with van der Waals surface area (Å²) in [7, 11) is 7.91. The predicted molar refractivity (Wildman–Crippen MR) is 169 cm³/mol. The van der Waals surface area contributed by atoms with Gasteiger partial charge in [-0.25, -0.2) is 9.37 Å². The van der Waals surface area contributed by atoms with Gasteiger partial charge in [0.25, 0.3) is 0 Å². The first-order valence-electron chi connectivity index (χ1n) is 14.2. The van der Waals surface area contributed by atoms with Crippen LogP contribution in [0.2, 0.25) is 0 Å². The maximum Gasteiger partial charge on any atom is 0.149 e. The molecule has 9 heteroatoms. The van der Waals surface area contributed by atoms with Gasteiger partial charge in [-0.1, -0.05) is 24.3 Å². The van der Waals surface area contributed by atoms with Crippen molar-refractivity contribution in [3.63, 3.8) is 0 Å². The summed E-state index contributed by atoms with van der Waals surface area (Å²) < 4.78 is 29.3. The van der Waals surface area contributed by atoms with Gasteiger partial charge >= 0.3 is 0 Å². The summed E-state index contributed by atoms with van der Waals surface area (Å²) in [5, 5.41) is 4.40. The van der Waals surface area contributed by atoms with E-state index in [0.29, 0.717) is 36.8 Å². The molecule has 5 rings (SSSR count). The van der Waals surface area contributed by atoms with E-state index in [2.05, 4.69) is 71.8 Å². The molecule has 3 N–H and O–H groups in total. The van der Waals surface area contributed by atoms with E-state index in [1.165, 1.54) is 6.20 Å². The van der Waals surface area contributed by atoms with Crippen LogP contribution >= 0.6 is 0 Å². The number of hydrogen-bond acceptors (Lipinski definition) is 7. The Kier molecular flexibility index (Phi) is 8.43. The lowest BCUT2D eigenvalue weighted by atomic mass is 10.0. The topological polar surface area (TPSA) is 80.8 Å². The van der Waals surface area contributed by atoms with Crippen molar-refractivity contribution in [2.75, 3.05) is 51.6 Å². The molecule has 1 aliphatic rings. The quantitative estimate of drug-likeness (QED) is 0.244. The van der Waals surface area contributed by atoms with E-state index >= 15 is 4.39 Å². The van der Waals surface area contributed by atoms with E-state index in [4.69, 9.17) is 15.2 Å². The van der Waals surface area contributed by atoms with Crippen LogP contribution in [0.1, 0.15) is 25.1 Å². The minimum Gasteiger partial charge on any atom is -0.494 e. The second kappa shape index (κ2) is 12.0. The Balaban J connectivity index is 1.55. The zero-order valence-corrected chi connectivity index (χ0v) is 25.4. The third-order valence-electron chi connectivity index (χ3n) is 8.28. The molecule has 0 fully saturated rings. The number of ether oxygens (including phenoxy) is 2. The molecule has 4 aromatic rings. The van der Waals surface area contributed by atoms with Gasteiger partial charge < -0.3 is 34.9 Å². The Labute approximate surface area is 247 Å². The van der Waals surface area contributed by atoms with E-state index < -0.39 is 0 Å². The van der Waals surface area contributed by atoms with Crippen LogP contribution in [-0.4, -0.2) is 61.4 Å². The lowest BCUT2D eigenvalue weighted by molar-refractivity contribution is 0.0869. The van der Waals surface area contributed by atoms with Crippen molar-refractivity contribution < 1.29 is 13.9 Å². The van der Waals surface area contributed by atoms with E-state index in [1.807, 2.05) is 30.3 Å². The number of nitrogens with two attached hydrogens (primary N) is 1. The molecular formula is C33H41FN6O2. The van der Waals surface area contributed by atoms with Crippen molar-refractivity contribution in [2.45, 2.75) is 39.0 Å². The number of anilines is 3. The molecule has 222 valence electrons. The van der Waals surface area contributed by atoms with Crippen LogP contribution in [0, 0.1) is 5.82 Å². The van der Waals surface area contributed by atoms with Crippen molar-refractivity contribution in [3.8, 4) is 16.9 Å². The van der Waals surface area contributed by atoms with Crippen LogP contribution in [0.4, 0.5) is 21.6 Å². The number of fused-ring (bicyclic) bond motifs is 3. The highest BCUT2D eigenvalue weighted by atomic mass is 19.1. The largest absolute Gasteiger partial charge is 0.494 e. The van der Waals surface area contributed by atoms with Crippen molar-refractivity contribution in [3.05, 3.63) is 78.0 Å². The highest BCUT2D eigenvalue weighted by Crippen LogP contribution is 2.40. The summed E-state index contributed by atoms with van der Waals surface area (Å²) in [5.74, 6) is 0.792. The molecule has 0 spiro atoms. The van der Waals surface area contributed by atoms with Gasteiger partial charge in [-0.3, -0.25) is 0 Å². The minimum atomic E-state index is -0.383. The molecule has 0 unspecified atom stereocenters. The lowest BCUT2D eigenvalue weighted by Gasteiger charge is -2.38. The molecule has 0 amide bonds. The number of halogens is 1. The van der Waals surface area contributed by atoms with E-state index in [1.54, 1.807) is 19.4 Å². The van der Waals surface area contributed by atoms with E-state index in [-0.39, 0.29) is 11.4 Å². The number of benzene rings is 2. The van der Waals surface area contributed by atoms with Crippen LogP contribution in [0.25, 0.3) is 22.0 Å². The van der Waals surface area contributed by atoms with Gasteiger partial charge in [0.15, 0.2) is 0 Å². The summed E-state index contributed by atoms with van der Waals surface area (Å²) in [6.45, 7) is 7.03. The van der Waals surface area contributed by atoms with Crippen LogP contribution in [0.15, 0.2) is 60.9 Å². The smallest absolute Gasteiger partial charge is 0.149 e. The van der Waals surface area contributed by atoms with Gasteiger partial charge in [-0.05, 0) is 64.3 Å². The number of allylic oxidation sites excluding steroid dienone is 1. The molecule has 2 aromatic carbocycles. The molecule has 0 radical (unpaired) electrons. The molecule has 0 saturated heterocycles. The average Bonchev–Trinajstić information content (AvgIpc) is 3.31. The van der Waals surface area contributed by atoms with Gasteiger partial charge in [-0.2, -0.15) is 0 Å². The monoisotopic (exact) mass is 572 g/mol. The Bertz CT molecular complexity index is 1610. The van der Waals surface area contributed by atoms with Gasteiger partial charge in [0, 0.05) is 59.5 Å². The Hall–Kier alpha value is -4.08. The molecule has 1 aliphatic heterocycles. The molecule has 2 aromatic heterocycles. The van der Waals surface area contributed by atoms with Crippen LogP contribution in [0.3, 0.4) is 0 Å². The Morgan fingerprint density at radius 3 is 2.71 bits per heavy atom. The maximum absolute atomic E-state index is 15.5. The first-order chi connectivity index (χ1) is 20.1. The first-order valence-corrected chi connectivity index (χ1v) is 14.2. The van der Waals surface area contributed by atoms with Crippen molar-refractivity contribution >= 4 is 28.1 Å². The second-order valence-corrected chi connectivity index (χ2v) is 11.6. The zero-order valence-electron chi connectivity index (χ0n) is 25.4. The SMILES string of the molecule is COc1cc(N(C)CC(C)(C)N(C)C)c(CC=CN)cc1Nc1cc(-c2c3n(c4ccccc24)CCOC3)c(F)cn1. The number of rotatable bonds is 10. The van der Waals surface area contributed by atoms with E-state index in [0.717, 1.165) is 52.2 Å². The molecule has 42 heavy (non-hydrogen) atoms. The lowest BCUT2D eigenvalue weighted by Crippen LogP contribution is -2.47. The number of hydrogen-bond donors (Lipinski definition) is 2. The standard InChI is InChI=1S/C33H41FN6O2/c1-33(2,38(3)4)21-39(5)28-18-30(41-6)26(16-22(28)10-9-13-35)37-31-17-24(25(34)19-36-31)32-23-11-7-8-12-27(23)40-14-15-42-20-29(32)40/h7-9,11-13,16-19H,10,14-15,20-21,35H2,1-6H3,(H,36,37). The summed E-state index contributed by atoms with van der Waals surface area (Å²) in [5.41, 5.74) is 11.9. The highest BCUT2D eigenvalue weighted by Gasteiger charge is 2.26. The predicted octanol–water partition coefficient (Wildman–Crippen LogP) is 5.92. The molecule has 0 aliphatic carbocycles. The fraction of sp³-hybridized carbons (Fsp3) is 0.364. The Morgan fingerprint density at radius 1 is 1.19 bits per heavy atom. The molecular weight excluding hydrogens is 531 g/mol. The van der Waals surface area contributed by atoms with Gasteiger partial charge in [0.05, 0.1) is 37.9 Å². The average molecular weight is 573 g/mol. The van der Waals surface area contributed by atoms with Crippen molar-refractivity contribution in [1.82, 2.24) is 14.5 Å². The van der Waals surface area contributed by atoms with Gasteiger partial charge in [0.1, 0.15) is 17.4 Å². The molecule has 0 saturated carbocycles. The van der Waals surface area contributed by atoms with Crippen LogP contribution in [0.5, 0.6) is 5.75 Å². The molecule has 0 atom stereocenters. The highest BCUT2D eigenvalue weighted by molar-refractivity contribution is 5.98. The van der Waals surface area contributed by atoms with Crippen LogP contribution in [-0.2, 0) is 24.3 Å². The summed E-state index contributed by atoms with van der Waals surface area (Å²) in [6, 6.07) is 14.0. The fourth-order valence-electron chi connectivity index (χ4n) is 5.62. The first kappa shape index (κ1) is 29.4. The summed E-state index contributed by atoms with van der Waals surface area (Å²) in [6.07, 6.45) is 5.40. The summed E-state index contributed by atoms with van der Waals surface area (Å²) >= 11 is 0. The number of nitrogens with one attached hydrogen (secondary N) is 1. The molecule has 8 nitrogen and oxygen atoms in total. The fourth-order valence-corrected chi connectivity index (χ4v) is 5.62. The third kappa shape index (κ3) is 5.67. The maximum atomic E-state index is 15.5. The van der Waals surface area contributed by atoms with Crippen LogP contribution < -0.4 is 20.7 Å². The summed E-state index contributed by atoms with van der Waals surface area (Å²) in [4.78, 5) is 8.85. The van der Waals surface area contributed by atoms with Gasteiger partial charge in [-0.15, -0.1) is 0 Å². The van der Waals surface area contributed by atoms with Gasteiger partial charge in [0.2, 0.25) is 0 Å².